The van der Waals surface area contributed by atoms with Crippen molar-refractivity contribution in [1.82, 2.24) is 4.31 Å². The number of anilines is 2. The predicted octanol–water partition coefficient (Wildman–Crippen LogP) is 5.49. The van der Waals surface area contributed by atoms with Crippen LogP contribution in [0.3, 0.4) is 0 Å². The summed E-state index contributed by atoms with van der Waals surface area (Å²) in [6.45, 7) is 4.50. The molecular formula is C29H36N2O5S. The van der Waals surface area contributed by atoms with Gasteiger partial charge in [-0.3, -0.25) is 0 Å². The maximum Gasteiger partial charge on any atom is 0.246 e. The first kappa shape index (κ1) is 27.0. The van der Waals surface area contributed by atoms with Crippen LogP contribution in [0.5, 0.6) is 11.5 Å². The van der Waals surface area contributed by atoms with Crippen LogP contribution in [0.15, 0.2) is 71.6 Å². The van der Waals surface area contributed by atoms with E-state index in [1.165, 1.54) is 7.11 Å². The minimum absolute atomic E-state index is 0.162. The number of unbranched alkanes of at least 4 members (excludes halogenated alkanes) is 1. The molecule has 1 heterocycles. The van der Waals surface area contributed by atoms with E-state index in [1.54, 1.807) is 23.5 Å². The fourth-order valence-electron chi connectivity index (χ4n) is 5.01. The van der Waals surface area contributed by atoms with Crippen LogP contribution in [0, 0.1) is 0 Å². The zero-order valence-corrected chi connectivity index (χ0v) is 22.8. The van der Waals surface area contributed by atoms with Gasteiger partial charge < -0.3 is 19.5 Å². The minimum Gasteiger partial charge on any atom is -0.497 e. The highest BCUT2D eigenvalue weighted by Crippen LogP contribution is 2.45. The van der Waals surface area contributed by atoms with E-state index in [1.807, 2.05) is 61.5 Å². The van der Waals surface area contributed by atoms with Crippen LogP contribution in [0.2, 0.25) is 0 Å². The molecule has 0 bridgehead atoms. The number of sulfonamides is 1. The summed E-state index contributed by atoms with van der Waals surface area (Å²) in [5.41, 5.74) is 2.03. The molecule has 1 aliphatic heterocycles. The zero-order valence-electron chi connectivity index (χ0n) is 22.0. The van der Waals surface area contributed by atoms with Crippen LogP contribution in [0.1, 0.15) is 44.2 Å². The lowest BCUT2D eigenvalue weighted by atomic mass is 9.92. The summed E-state index contributed by atoms with van der Waals surface area (Å²) in [4.78, 5) is 2.23. The molecule has 8 heteroatoms. The lowest BCUT2D eigenvalue weighted by molar-refractivity contribution is 0.191. The average Bonchev–Trinajstić information content (AvgIpc) is 2.99. The van der Waals surface area contributed by atoms with Gasteiger partial charge in [0.15, 0.2) is 0 Å². The molecule has 37 heavy (non-hydrogen) atoms. The molecule has 0 fully saturated rings. The van der Waals surface area contributed by atoms with E-state index in [2.05, 4.69) is 11.8 Å². The summed E-state index contributed by atoms with van der Waals surface area (Å²) < 4.78 is 41.5. The van der Waals surface area contributed by atoms with Gasteiger partial charge in [0.25, 0.3) is 0 Å². The third-order valence-electron chi connectivity index (χ3n) is 7.11. The van der Waals surface area contributed by atoms with E-state index in [0.29, 0.717) is 30.0 Å². The Balaban J connectivity index is 1.96. The van der Waals surface area contributed by atoms with Gasteiger partial charge in [0, 0.05) is 30.4 Å². The van der Waals surface area contributed by atoms with Gasteiger partial charge in [-0.25, -0.2) is 8.42 Å². The fraction of sp³-hybridized carbons (Fsp3) is 0.379. The fourth-order valence-corrected chi connectivity index (χ4v) is 7.02. The molecule has 3 aromatic carbocycles. The third-order valence-corrected chi connectivity index (χ3v) is 9.15. The number of rotatable bonds is 9. The van der Waals surface area contributed by atoms with Crippen molar-refractivity contribution in [1.29, 1.82) is 0 Å². The molecular weight excluding hydrogens is 488 g/mol. The Bertz CT molecular complexity index is 1310. The highest BCUT2D eigenvalue weighted by Gasteiger charge is 2.46. The standard InChI is InChI=1S/C29H36N2O5S/c1-5-6-16-29(2)21-30(24-10-8-7-9-11-24)26-18-27(36-4)23(20-32)17-28(26)37(33,34)31(29)19-22-12-14-25(35-3)15-13-22/h7-15,17-18,32H,5-6,16,19-21H2,1-4H3. The first-order valence-corrected chi connectivity index (χ1v) is 14.0. The summed E-state index contributed by atoms with van der Waals surface area (Å²) in [6, 6.07) is 20.6. The van der Waals surface area contributed by atoms with E-state index in [9.17, 15) is 13.5 Å². The van der Waals surface area contributed by atoms with Crippen LogP contribution >= 0.6 is 0 Å². The summed E-state index contributed by atoms with van der Waals surface area (Å²) in [5.74, 6) is 1.17. The van der Waals surface area contributed by atoms with E-state index in [-0.39, 0.29) is 18.0 Å². The topological polar surface area (TPSA) is 79.3 Å². The molecule has 1 unspecified atom stereocenters. The van der Waals surface area contributed by atoms with Gasteiger partial charge >= 0.3 is 0 Å². The number of hydrogen-bond donors (Lipinski definition) is 1. The Morgan fingerprint density at radius 1 is 1.00 bits per heavy atom. The van der Waals surface area contributed by atoms with Crippen molar-refractivity contribution in [3.63, 3.8) is 0 Å². The van der Waals surface area contributed by atoms with Crippen LogP contribution in [0.4, 0.5) is 11.4 Å². The van der Waals surface area contributed by atoms with Crippen molar-refractivity contribution in [2.75, 3.05) is 25.7 Å². The smallest absolute Gasteiger partial charge is 0.246 e. The lowest BCUT2D eigenvalue weighted by Crippen LogP contribution is -2.53. The molecule has 0 aliphatic carbocycles. The molecule has 4 rings (SSSR count). The van der Waals surface area contributed by atoms with Gasteiger partial charge in [-0.1, -0.05) is 50.1 Å². The number of fused-ring (bicyclic) bond motifs is 1. The van der Waals surface area contributed by atoms with Gasteiger partial charge in [0.1, 0.15) is 16.4 Å². The number of ether oxygens (including phenoxy) is 2. The molecule has 0 aromatic heterocycles. The highest BCUT2D eigenvalue weighted by molar-refractivity contribution is 7.89. The number of nitrogens with zero attached hydrogens (tertiary/aromatic N) is 2. The van der Waals surface area contributed by atoms with Gasteiger partial charge in [-0.15, -0.1) is 0 Å². The Morgan fingerprint density at radius 3 is 2.30 bits per heavy atom. The van der Waals surface area contributed by atoms with Crippen molar-refractivity contribution in [2.24, 2.45) is 0 Å². The average molecular weight is 525 g/mol. The third kappa shape index (κ3) is 5.32. The summed E-state index contributed by atoms with van der Waals surface area (Å²) in [6.07, 6.45) is 2.53. The second-order valence-corrected chi connectivity index (χ2v) is 11.5. The van der Waals surface area contributed by atoms with E-state index in [0.717, 1.165) is 29.8 Å². The Kier molecular flexibility index (Phi) is 8.11. The van der Waals surface area contributed by atoms with Crippen molar-refractivity contribution in [3.05, 3.63) is 77.9 Å². The van der Waals surface area contributed by atoms with Gasteiger partial charge in [0.2, 0.25) is 10.0 Å². The van der Waals surface area contributed by atoms with E-state index >= 15 is 0 Å². The molecule has 3 aromatic rings. The maximum atomic E-state index is 14.5. The van der Waals surface area contributed by atoms with Crippen molar-refractivity contribution in [2.45, 2.75) is 56.7 Å². The second kappa shape index (κ2) is 11.1. The first-order chi connectivity index (χ1) is 17.8. The number of aliphatic hydroxyl groups excluding tert-OH is 1. The Labute approximate surface area is 220 Å². The minimum atomic E-state index is -3.98. The maximum absolute atomic E-state index is 14.5. The SMILES string of the molecule is CCCCC1(C)CN(c2ccccc2)c2cc(OC)c(CO)cc2S(=O)(=O)N1Cc1ccc(OC)cc1. The lowest BCUT2D eigenvalue weighted by Gasteiger charge is -2.41. The molecule has 1 N–H and O–H groups in total. The van der Waals surface area contributed by atoms with Crippen LogP contribution in [-0.4, -0.2) is 44.1 Å². The van der Waals surface area contributed by atoms with Crippen molar-refractivity contribution in [3.8, 4) is 11.5 Å². The number of para-hydroxylation sites is 1. The molecule has 1 atom stereocenters. The van der Waals surface area contributed by atoms with Gasteiger partial charge in [-0.2, -0.15) is 4.31 Å². The molecule has 198 valence electrons. The quantitative estimate of drug-likeness (QED) is 0.399. The predicted molar refractivity (Wildman–Crippen MR) is 146 cm³/mol. The molecule has 7 nitrogen and oxygen atoms in total. The molecule has 0 saturated heterocycles. The number of aliphatic hydroxyl groups is 1. The molecule has 0 saturated carbocycles. The van der Waals surface area contributed by atoms with Gasteiger partial charge in [-0.05, 0) is 49.2 Å². The monoisotopic (exact) mass is 524 g/mol. The largest absolute Gasteiger partial charge is 0.497 e. The molecule has 0 radical (unpaired) electrons. The normalized spacial score (nSPS) is 19.2. The number of benzene rings is 3. The Morgan fingerprint density at radius 2 is 1.70 bits per heavy atom. The number of methoxy groups -OCH3 is 2. The number of hydrogen-bond acceptors (Lipinski definition) is 6. The second-order valence-electron chi connectivity index (χ2n) is 9.67. The van der Waals surface area contributed by atoms with E-state index in [4.69, 9.17) is 9.47 Å². The molecule has 0 spiro atoms. The van der Waals surface area contributed by atoms with Crippen molar-refractivity contribution >= 4 is 21.4 Å². The van der Waals surface area contributed by atoms with Crippen LogP contribution in [0.25, 0.3) is 0 Å². The summed E-state index contributed by atoms with van der Waals surface area (Å²) in [5, 5.41) is 10.0. The summed E-state index contributed by atoms with van der Waals surface area (Å²) >= 11 is 0. The highest BCUT2D eigenvalue weighted by atomic mass is 32.2. The first-order valence-electron chi connectivity index (χ1n) is 12.6. The Hall–Kier alpha value is -3.07. The zero-order chi connectivity index (χ0) is 26.6. The summed E-state index contributed by atoms with van der Waals surface area (Å²) in [7, 11) is -0.839. The van der Waals surface area contributed by atoms with Crippen molar-refractivity contribution < 1.29 is 23.0 Å². The molecule has 0 amide bonds. The van der Waals surface area contributed by atoms with Crippen LogP contribution < -0.4 is 14.4 Å². The molecule has 1 aliphatic rings. The van der Waals surface area contributed by atoms with Crippen LogP contribution in [-0.2, 0) is 23.2 Å². The van der Waals surface area contributed by atoms with E-state index < -0.39 is 15.6 Å². The van der Waals surface area contributed by atoms with Gasteiger partial charge in [0.05, 0.1) is 32.1 Å².